The molecular formula is C40H34N6O10S2. The molecule has 0 atom stereocenters. The van der Waals surface area contributed by atoms with Crippen molar-refractivity contribution in [3.63, 3.8) is 0 Å². The number of carbonyl (C=O) groups is 1. The number of nitrogens with one attached hydrogen (secondary N) is 4. The molecule has 0 bridgehead atoms. The van der Waals surface area contributed by atoms with Gasteiger partial charge in [-0.1, -0.05) is 36.4 Å². The van der Waals surface area contributed by atoms with Crippen molar-refractivity contribution in [1.29, 1.82) is 0 Å². The van der Waals surface area contributed by atoms with Crippen LogP contribution in [0.15, 0.2) is 160 Å². The van der Waals surface area contributed by atoms with Crippen LogP contribution in [0.25, 0.3) is 0 Å². The third kappa shape index (κ3) is 11.0. The first-order valence-corrected chi connectivity index (χ1v) is 20.0. The van der Waals surface area contributed by atoms with Gasteiger partial charge in [-0.2, -0.15) is 4.99 Å². The third-order valence-corrected chi connectivity index (χ3v) is 10.6. The van der Waals surface area contributed by atoms with E-state index in [-0.39, 0.29) is 23.4 Å². The van der Waals surface area contributed by atoms with Gasteiger partial charge in [0.05, 0.1) is 15.5 Å². The number of urea groups is 1. The number of ether oxygens (including phenoxy) is 4. The van der Waals surface area contributed by atoms with Crippen LogP contribution in [-0.4, -0.2) is 42.5 Å². The minimum absolute atomic E-state index is 0.0862. The number of hydrogen-bond acceptors (Lipinski definition) is 12. The maximum atomic E-state index is 12.4. The number of rotatable bonds is 9. The highest BCUT2D eigenvalue weighted by Crippen LogP contribution is 2.35. The van der Waals surface area contributed by atoms with Gasteiger partial charge in [-0.05, 0) is 97.1 Å². The lowest BCUT2D eigenvalue weighted by Gasteiger charge is -2.10. The number of nitrogens with two attached hydrogens (primary N) is 1. The van der Waals surface area contributed by atoms with E-state index in [0.717, 1.165) is 0 Å². The molecule has 2 aliphatic heterocycles. The second-order valence-corrected chi connectivity index (χ2v) is 15.3. The molecule has 2 amide bonds. The number of para-hydroxylation sites is 2. The van der Waals surface area contributed by atoms with Crippen LogP contribution in [0.4, 0.5) is 38.9 Å². The first-order valence-electron chi connectivity index (χ1n) is 17.0. The van der Waals surface area contributed by atoms with Crippen LogP contribution >= 0.6 is 0 Å². The van der Waals surface area contributed by atoms with Crippen LogP contribution < -0.4 is 44.8 Å². The molecule has 6 aromatic rings. The number of amides is 2. The van der Waals surface area contributed by atoms with Gasteiger partial charge in [-0.3, -0.25) is 9.44 Å². The van der Waals surface area contributed by atoms with Gasteiger partial charge in [0.15, 0.2) is 23.0 Å². The van der Waals surface area contributed by atoms with Crippen molar-refractivity contribution in [3.8, 4) is 23.0 Å². The van der Waals surface area contributed by atoms with E-state index in [9.17, 15) is 26.4 Å². The molecule has 2 aliphatic rings. The normalized spacial score (nSPS) is 11.9. The van der Waals surface area contributed by atoms with Crippen molar-refractivity contribution in [2.45, 2.75) is 9.79 Å². The third-order valence-electron chi connectivity index (χ3n) is 7.83. The molecule has 0 spiro atoms. The van der Waals surface area contributed by atoms with Gasteiger partial charge in [0.1, 0.15) is 0 Å². The van der Waals surface area contributed by atoms with Gasteiger partial charge in [-0.15, -0.1) is 0 Å². The predicted octanol–water partition coefficient (Wildman–Crippen LogP) is 7.31. The predicted molar refractivity (Wildman–Crippen MR) is 217 cm³/mol. The van der Waals surface area contributed by atoms with E-state index in [0.29, 0.717) is 57.1 Å². The number of anilines is 5. The molecule has 16 nitrogen and oxygen atoms in total. The molecule has 6 aromatic carbocycles. The second kappa shape index (κ2) is 18.4. The van der Waals surface area contributed by atoms with E-state index >= 15 is 0 Å². The summed E-state index contributed by atoms with van der Waals surface area (Å²) >= 11 is 0. The standard InChI is InChI=1S/C20H17N3O5S.C12H12N2O2S.C8H5NO3/c24-20(22-16-8-11-18-19(12-16)28-13-27-18)21-14-6-9-17(10-7-14)29(25,26)23-15-4-2-1-3-5-15;13-10-6-8-12(9-7-10)17(15,16)14-11-4-2-1-3-5-11;10-4-9-6-1-2-7-8(3-6)12-5-11-7/h1-12,23H,13H2,(H2,21,22,24);1-9,14H,13H2;1-3H,5H2. The number of benzene rings is 6. The molecule has 8 rings (SSSR count). The van der Waals surface area contributed by atoms with Crippen LogP contribution in [0, 0.1) is 0 Å². The van der Waals surface area contributed by atoms with E-state index in [1.807, 2.05) is 6.07 Å². The quantitative estimate of drug-likeness (QED) is 0.0552. The van der Waals surface area contributed by atoms with Crippen molar-refractivity contribution >= 4 is 66.3 Å². The fraction of sp³-hybridized carbons (Fsp3) is 0.0500. The molecule has 0 radical (unpaired) electrons. The molecular weight excluding hydrogens is 789 g/mol. The highest BCUT2D eigenvalue weighted by atomic mass is 32.2. The first kappa shape index (κ1) is 40.1. The number of aliphatic imine (C=N–C) groups is 1. The fourth-order valence-electron chi connectivity index (χ4n) is 5.08. The lowest BCUT2D eigenvalue weighted by atomic mass is 10.3. The van der Waals surface area contributed by atoms with Gasteiger partial charge in [0, 0.05) is 40.6 Å². The molecule has 0 fully saturated rings. The van der Waals surface area contributed by atoms with Crippen molar-refractivity contribution in [2.24, 2.45) is 4.99 Å². The van der Waals surface area contributed by atoms with E-state index in [1.165, 1.54) is 42.5 Å². The van der Waals surface area contributed by atoms with Gasteiger partial charge in [-0.25, -0.2) is 26.4 Å². The second-order valence-electron chi connectivity index (χ2n) is 11.9. The molecule has 0 aliphatic carbocycles. The van der Waals surface area contributed by atoms with Crippen LogP contribution in [-0.2, 0) is 24.8 Å². The lowest BCUT2D eigenvalue weighted by Crippen LogP contribution is -2.19. The van der Waals surface area contributed by atoms with Crippen molar-refractivity contribution in [1.82, 2.24) is 0 Å². The zero-order valence-corrected chi connectivity index (χ0v) is 31.8. The number of sulfonamides is 2. The Morgan fingerprint density at radius 3 is 1.52 bits per heavy atom. The van der Waals surface area contributed by atoms with E-state index in [1.54, 1.807) is 103 Å². The minimum Gasteiger partial charge on any atom is -0.454 e. The summed E-state index contributed by atoms with van der Waals surface area (Å²) in [6, 6.07) is 38.8. The Kier molecular flexibility index (Phi) is 12.7. The largest absolute Gasteiger partial charge is 0.454 e. The van der Waals surface area contributed by atoms with Crippen LogP contribution in [0.3, 0.4) is 0 Å². The van der Waals surface area contributed by atoms with Crippen LogP contribution in [0.1, 0.15) is 0 Å². The zero-order valence-electron chi connectivity index (χ0n) is 30.2. The van der Waals surface area contributed by atoms with Crippen molar-refractivity contribution in [2.75, 3.05) is 39.4 Å². The highest BCUT2D eigenvalue weighted by molar-refractivity contribution is 7.93. The number of carbonyl (C=O) groups excluding carboxylic acids is 2. The number of fused-ring (bicyclic) bond motifs is 2. The lowest BCUT2D eigenvalue weighted by molar-refractivity contribution is 0.173. The Morgan fingerprint density at radius 2 is 0.983 bits per heavy atom. The van der Waals surface area contributed by atoms with E-state index < -0.39 is 26.1 Å². The smallest absolute Gasteiger partial charge is 0.323 e. The minimum atomic E-state index is -3.72. The molecule has 0 saturated heterocycles. The average Bonchev–Trinajstić information content (AvgIpc) is 3.89. The summed E-state index contributed by atoms with van der Waals surface area (Å²) in [7, 11) is -7.25. The SMILES string of the molecule is Nc1ccc(S(=O)(=O)Nc2ccccc2)cc1.O=C(Nc1ccc(S(=O)(=O)Nc2ccccc2)cc1)Nc1ccc2c(c1)OCO2.O=C=Nc1ccc2c(c1)OCO2. The van der Waals surface area contributed by atoms with Crippen molar-refractivity contribution in [3.05, 3.63) is 146 Å². The number of isocyanates is 1. The molecule has 18 heteroatoms. The molecule has 58 heavy (non-hydrogen) atoms. The fourth-order valence-corrected chi connectivity index (χ4v) is 7.20. The van der Waals surface area contributed by atoms with Crippen LogP contribution in [0.2, 0.25) is 0 Å². The maximum Gasteiger partial charge on any atom is 0.323 e. The van der Waals surface area contributed by atoms with E-state index in [4.69, 9.17) is 24.7 Å². The Hall–Kier alpha value is -7.53. The molecule has 0 aromatic heterocycles. The highest BCUT2D eigenvalue weighted by Gasteiger charge is 2.17. The summed E-state index contributed by atoms with van der Waals surface area (Å²) in [6.07, 6.45) is 1.45. The van der Waals surface area contributed by atoms with Crippen molar-refractivity contribution < 1.29 is 45.4 Å². The Balaban J connectivity index is 0.000000164. The topological polar surface area (TPSA) is 226 Å². The van der Waals surface area contributed by atoms with Gasteiger partial charge in [0.2, 0.25) is 19.7 Å². The van der Waals surface area contributed by atoms with Gasteiger partial charge >= 0.3 is 6.03 Å². The zero-order chi connectivity index (χ0) is 41.0. The molecule has 0 unspecified atom stereocenters. The summed E-state index contributed by atoms with van der Waals surface area (Å²) in [5.41, 5.74) is 8.55. The number of hydrogen-bond donors (Lipinski definition) is 5. The van der Waals surface area contributed by atoms with E-state index in [2.05, 4.69) is 25.1 Å². The summed E-state index contributed by atoms with van der Waals surface area (Å²) in [6.45, 7) is 0.378. The number of nitrogen functional groups attached to an aromatic ring is 1. The maximum absolute atomic E-state index is 12.4. The summed E-state index contributed by atoms with van der Waals surface area (Å²) in [5.74, 6) is 2.48. The Labute approximate surface area is 333 Å². The summed E-state index contributed by atoms with van der Waals surface area (Å²) in [4.78, 5) is 25.8. The Bertz CT molecular complexity index is 2630. The number of nitrogens with zero attached hydrogens (tertiary/aromatic N) is 1. The summed E-state index contributed by atoms with van der Waals surface area (Å²) < 4.78 is 74.4. The Morgan fingerprint density at radius 1 is 0.534 bits per heavy atom. The first-order chi connectivity index (χ1) is 28.0. The molecule has 0 saturated carbocycles. The van der Waals surface area contributed by atoms with Gasteiger partial charge < -0.3 is 35.3 Å². The van der Waals surface area contributed by atoms with Gasteiger partial charge in [0.25, 0.3) is 20.0 Å². The molecule has 296 valence electrons. The molecule has 6 N–H and O–H groups in total. The molecule has 2 heterocycles. The van der Waals surface area contributed by atoms with Crippen LogP contribution in [0.5, 0.6) is 23.0 Å². The monoisotopic (exact) mass is 822 g/mol. The average molecular weight is 823 g/mol. The summed E-state index contributed by atoms with van der Waals surface area (Å²) in [5, 5.41) is 5.33.